The van der Waals surface area contributed by atoms with E-state index in [9.17, 15) is 49.9 Å². The van der Waals surface area contributed by atoms with Crippen molar-refractivity contribution in [3.05, 3.63) is 67.8 Å². The SMILES string of the molecule is CCCC1CC(C(=O)N[C@@H](c2c(O)c(C(=O)OO)c(C3CCCOC3SC)c(CC(NC(=O)C(Cl)Cl)C(O)c3ccc([N+](=O)[O-])cc3)c2C(=O)O)C(C)Cl)N(C)C1. The fourth-order valence-corrected chi connectivity index (χ4v) is 9.09. The first-order chi connectivity index (χ1) is 27.0. The normalized spacial score (nSPS) is 22.0. The van der Waals surface area contributed by atoms with Gasteiger partial charge in [-0.2, -0.15) is 5.26 Å². The minimum absolute atomic E-state index is 0.0589. The van der Waals surface area contributed by atoms with Crippen molar-refractivity contribution < 1.29 is 54.3 Å². The number of carbonyl (C=O) groups excluding carboxylic acids is 3. The Hall–Kier alpha value is -3.42. The summed E-state index contributed by atoms with van der Waals surface area (Å²) in [6, 6.07) is 1.11. The largest absolute Gasteiger partial charge is 0.507 e. The highest BCUT2D eigenvalue weighted by Crippen LogP contribution is 2.48. The van der Waals surface area contributed by atoms with Crippen molar-refractivity contribution >= 4 is 76.0 Å². The fourth-order valence-electron chi connectivity index (χ4n) is 7.95. The molecule has 2 aromatic rings. The maximum Gasteiger partial charge on any atom is 0.376 e. The molecule has 0 radical (unpaired) electrons. The second kappa shape index (κ2) is 20.5. The molecule has 6 N–H and O–H groups in total. The molecule has 0 aliphatic carbocycles. The van der Waals surface area contributed by atoms with Gasteiger partial charge in [0.2, 0.25) is 5.91 Å². The molecule has 2 aliphatic rings. The van der Waals surface area contributed by atoms with E-state index >= 15 is 0 Å². The van der Waals surface area contributed by atoms with Crippen molar-refractivity contribution in [1.82, 2.24) is 15.5 Å². The average molecular weight is 878 g/mol. The number of alkyl halides is 3. The second-order valence-corrected chi connectivity index (χ2v) is 17.0. The maximum absolute atomic E-state index is 14.0. The van der Waals surface area contributed by atoms with Crippen molar-refractivity contribution in [2.24, 2.45) is 5.92 Å². The number of phenols is 1. The third-order valence-corrected chi connectivity index (χ3v) is 12.1. The highest BCUT2D eigenvalue weighted by molar-refractivity contribution is 7.99. The summed E-state index contributed by atoms with van der Waals surface area (Å²) in [5.41, 5.74) is -3.07. The first-order valence-electron chi connectivity index (χ1n) is 18.3. The molecule has 2 fully saturated rings. The van der Waals surface area contributed by atoms with Gasteiger partial charge in [-0.15, -0.1) is 23.4 Å². The van der Waals surface area contributed by atoms with Crippen LogP contribution in [0.15, 0.2) is 24.3 Å². The number of ether oxygens (including phenoxy) is 1. The minimum atomic E-state index is -1.71. The number of carboxylic acids is 1. The van der Waals surface area contributed by atoms with Crippen LogP contribution in [0.3, 0.4) is 0 Å². The lowest BCUT2D eigenvalue weighted by molar-refractivity contribution is -0.384. The first kappa shape index (κ1) is 46.3. The lowest BCUT2D eigenvalue weighted by atomic mass is 9.77. The number of hydrogen-bond acceptors (Lipinski definition) is 13. The minimum Gasteiger partial charge on any atom is -0.507 e. The first-order valence-corrected chi connectivity index (χ1v) is 20.9. The second-order valence-electron chi connectivity index (χ2n) is 14.2. The van der Waals surface area contributed by atoms with Gasteiger partial charge in [0, 0.05) is 36.8 Å². The van der Waals surface area contributed by atoms with Gasteiger partial charge in [-0.25, -0.2) is 9.59 Å². The van der Waals surface area contributed by atoms with Crippen molar-refractivity contribution in [3.63, 3.8) is 0 Å². The standard InChI is InChI=1S/C37H47Cl3N4O12S/c1-5-7-18-14-24(43(3)16-18)33(47)42-29(17(2)38)27-26(35(49)50)22(25(28(31(27)46)36(51)56-54)21-8-6-13-55-37(21)57-4)15-23(41-34(48)32(39)40)30(45)19-9-11-20(12-10-19)44(52)53/h9-12,17-18,21,23-24,29-30,32,37,45-46,54H,5-8,13-16H2,1-4H3,(H,41,48)(H,42,47)(H,49,50)/t17?,18?,21?,23?,24?,29-,30?,37?/m1/s1. The van der Waals surface area contributed by atoms with Gasteiger partial charge < -0.3 is 30.7 Å². The van der Waals surface area contributed by atoms with Crippen molar-refractivity contribution in [2.45, 2.75) is 98.2 Å². The van der Waals surface area contributed by atoms with Gasteiger partial charge in [0.05, 0.1) is 40.1 Å². The van der Waals surface area contributed by atoms with Gasteiger partial charge in [-0.05, 0) is 87.1 Å². The number of carboxylic acid groups (broad SMARTS) is 1. The summed E-state index contributed by atoms with van der Waals surface area (Å²) in [6.07, 6.45) is 2.40. The molecular formula is C37H47Cl3N4O12S. The van der Waals surface area contributed by atoms with Crippen LogP contribution >= 0.6 is 46.6 Å². The smallest absolute Gasteiger partial charge is 0.376 e. The number of non-ortho nitro benzene ring substituents is 1. The van der Waals surface area contributed by atoms with E-state index in [2.05, 4.69) is 15.5 Å². The number of aliphatic hydroxyl groups is 1. The number of hydrogen-bond donors (Lipinski definition) is 6. The van der Waals surface area contributed by atoms with Crippen LogP contribution in [0.5, 0.6) is 5.75 Å². The molecule has 57 heavy (non-hydrogen) atoms. The molecule has 2 amide bonds. The number of aromatic hydroxyl groups is 1. The summed E-state index contributed by atoms with van der Waals surface area (Å²) in [5, 5.41) is 60.4. The van der Waals surface area contributed by atoms with E-state index in [1.807, 2.05) is 11.8 Å². The molecule has 0 saturated carbocycles. The number of carbonyl (C=O) groups is 4. The van der Waals surface area contributed by atoms with E-state index < -0.39 is 103 Å². The van der Waals surface area contributed by atoms with Crippen LogP contribution in [0.1, 0.15) is 107 Å². The van der Waals surface area contributed by atoms with Crippen molar-refractivity contribution in [2.75, 3.05) is 26.5 Å². The van der Waals surface area contributed by atoms with Crippen LogP contribution in [0, 0.1) is 16.0 Å². The molecule has 314 valence electrons. The number of thioether (sulfide) groups is 1. The van der Waals surface area contributed by atoms with Crippen molar-refractivity contribution in [3.8, 4) is 5.75 Å². The van der Waals surface area contributed by atoms with Gasteiger partial charge in [-0.3, -0.25) is 29.5 Å². The van der Waals surface area contributed by atoms with Crippen LogP contribution in [-0.2, 0) is 25.6 Å². The van der Waals surface area contributed by atoms with Gasteiger partial charge in [0.15, 0.2) is 4.84 Å². The Morgan fingerprint density at radius 2 is 1.81 bits per heavy atom. The zero-order valence-electron chi connectivity index (χ0n) is 31.7. The lowest BCUT2D eigenvalue weighted by Crippen LogP contribution is -2.45. The fraction of sp³-hybridized carbons (Fsp3) is 0.568. The summed E-state index contributed by atoms with van der Waals surface area (Å²) in [4.78, 5) is 69.5. The van der Waals surface area contributed by atoms with E-state index in [1.54, 1.807) is 13.3 Å². The summed E-state index contributed by atoms with van der Waals surface area (Å²) < 4.78 is 6.00. The molecular weight excluding hydrogens is 831 g/mol. The number of likely N-dealkylation sites (tertiary alicyclic amines) is 1. The molecule has 2 heterocycles. The summed E-state index contributed by atoms with van der Waals surface area (Å²) >= 11 is 19.8. The maximum atomic E-state index is 14.0. The number of nitro groups is 1. The highest BCUT2D eigenvalue weighted by Gasteiger charge is 2.43. The van der Waals surface area contributed by atoms with E-state index in [-0.39, 0.29) is 34.7 Å². The number of nitrogens with one attached hydrogen (secondary N) is 2. The molecule has 20 heteroatoms. The molecule has 7 unspecified atom stereocenters. The molecule has 4 rings (SSSR count). The number of aliphatic hydroxyl groups excluding tert-OH is 1. The number of amides is 2. The lowest BCUT2D eigenvalue weighted by Gasteiger charge is -2.36. The average Bonchev–Trinajstić information content (AvgIpc) is 3.55. The van der Waals surface area contributed by atoms with E-state index in [0.29, 0.717) is 26.0 Å². The number of halogens is 3. The summed E-state index contributed by atoms with van der Waals surface area (Å²) in [7, 11) is 1.78. The molecule has 2 saturated heterocycles. The Bertz CT molecular complexity index is 1800. The molecule has 0 aromatic heterocycles. The summed E-state index contributed by atoms with van der Waals surface area (Å²) in [6.45, 7) is 4.44. The highest BCUT2D eigenvalue weighted by atomic mass is 35.5. The Morgan fingerprint density at radius 3 is 2.35 bits per heavy atom. The molecule has 16 nitrogen and oxygen atoms in total. The third-order valence-electron chi connectivity index (χ3n) is 10.5. The number of aromatic carboxylic acids is 1. The predicted octanol–water partition coefficient (Wildman–Crippen LogP) is 5.68. The Kier molecular flexibility index (Phi) is 16.7. The van der Waals surface area contributed by atoms with E-state index in [4.69, 9.17) is 39.5 Å². The van der Waals surface area contributed by atoms with E-state index in [0.717, 1.165) is 25.0 Å². The quantitative estimate of drug-likeness (QED) is 0.0486. The van der Waals surface area contributed by atoms with Crippen LogP contribution in [0.4, 0.5) is 5.69 Å². The monoisotopic (exact) mass is 876 g/mol. The van der Waals surface area contributed by atoms with Crippen LogP contribution < -0.4 is 10.6 Å². The number of likely N-dealkylation sites (N-methyl/N-ethyl adjacent to an activating group) is 1. The van der Waals surface area contributed by atoms with Crippen molar-refractivity contribution in [1.29, 1.82) is 0 Å². The molecule has 8 atom stereocenters. The third kappa shape index (κ3) is 10.6. The Morgan fingerprint density at radius 1 is 1.14 bits per heavy atom. The number of nitrogens with zero attached hydrogens (tertiary/aromatic N) is 2. The summed E-state index contributed by atoms with van der Waals surface area (Å²) in [5.74, 6) is -6.19. The van der Waals surface area contributed by atoms with Gasteiger partial charge >= 0.3 is 11.9 Å². The van der Waals surface area contributed by atoms with Crippen LogP contribution in [0.2, 0.25) is 0 Å². The Balaban J connectivity index is 2.05. The topological polar surface area (TPSA) is 238 Å². The molecule has 0 spiro atoms. The van der Waals surface area contributed by atoms with E-state index in [1.165, 1.54) is 30.8 Å². The molecule has 0 bridgehead atoms. The van der Waals surface area contributed by atoms with Crippen LogP contribution in [-0.4, -0.2) is 108 Å². The number of nitro benzene ring substituents is 1. The van der Waals surface area contributed by atoms with Gasteiger partial charge in [0.1, 0.15) is 16.7 Å². The number of phenolic OH excluding ortho intramolecular Hbond substituents is 1. The molecule has 2 aromatic carbocycles. The molecule has 2 aliphatic heterocycles. The number of benzene rings is 2. The zero-order chi connectivity index (χ0) is 42.3. The number of rotatable bonds is 17. The van der Waals surface area contributed by atoms with Gasteiger partial charge in [0.25, 0.3) is 11.6 Å². The van der Waals surface area contributed by atoms with Gasteiger partial charge in [-0.1, -0.05) is 36.5 Å². The Labute approximate surface area is 348 Å². The predicted molar refractivity (Wildman–Crippen MR) is 213 cm³/mol. The zero-order valence-corrected chi connectivity index (χ0v) is 34.7. The van der Waals surface area contributed by atoms with Crippen LogP contribution in [0.25, 0.3) is 0 Å².